The number of benzene rings is 2. The molecule has 3 aliphatic heterocycles. The van der Waals surface area contributed by atoms with Gasteiger partial charge in [0, 0.05) is 25.7 Å². The van der Waals surface area contributed by atoms with Gasteiger partial charge in [0.2, 0.25) is 17.7 Å². The van der Waals surface area contributed by atoms with E-state index in [0.29, 0.717) is 38.0 Å². The number of carbonyl (C=O) groups is 3. The molecule has 8 nitrogen and oxygen atoms in total. The van der Waals surface area contributed by atoms with E-state index in [1.165, 1.54) is 4.90 Å². The minimum atomic E-state index is -1.20. The zero-order valence-electron chi connectivity index (χ0n) is 25.4. The molecule has 2 aromatic rings. The molecular formula is C35H43N3O5. The van der Waals surface area contributed by atoms with E-state index >= 15 is 0 Å². The standard InChI is InChI=1S/C35H43N3O5/c1-6-20-36(22-25-14-10-8-11-15-25)31(40)28-29-32(41)38(27(23-39)26-16-12-9-13-17-26)30(33(42)37(21-7-2)24(3)4)35(29)19-18-34(28,5)43-35/h6-17,24,27-30,39H,1-2,18-23H2,3-5H3/t27-,28+,29+,30?,34-,35?/m1/s1. The Morgan fingerprint density at radius 1 is 1.02 bits per heavy atom. The van der Waals surface area contributed by atoms with Crippen LogP contribution < -0.4 is 0 Å². The van der Waals surface area contributed by atoms with E-state index in [2.05, 4.69) is 13.2 Å². The largest absolute Gasteiger partial charge is 0.394 e. The average molecular weight is 586 g/mol. The van der Waals surface area contributed by atoms with Crippen molar-refractivity contribution >= 4 is 17.7 Å². The maximum absolute atomic E-state index is 14.8. The zero-order chi connectivity index (χ0) is 30.9. The second kappa shape index (κ2) is 12.1. The van der Waals surface area contributed by atoms with E-state index in [1.807, 2.05) is 81.4 Å². The summed E-state index contributed by atoms with van der Waals surface area (Å²) in [5.74, 6) is -2.44. The van der Waals surface area contributed by atoms with Crippen LogP contribution in [-0.2, 0) is 25.7 Å². The number of nitrogens with zero attached hydrogens (tertiary/aromatic N) is 3. The second-order valence-corrected chi connectivity index (χ2v) is 12.4. The highest BCUT2D eigenvalue weighted by atomic mass is 16.5. The highest BCUT2D eigenvalue weighted by Crippen LogP contribution is 2.64. The molecule has 1 N–H and O–H groups in total. The smallest absolute Gasteiger partial charge is 0.248 e. The third-order valence-corrected chi connectivity index (χ3v) is 9.52. The number of hydrogen-bond donors (Lipinski definition) is 1. The number of aliphatic hydroxyl groups is 1. The number of hydrogen-bond acceptors (Lipinski definition) is 5. The molecule has 228 valence electrons. The number of carbonyl (C=O) groups excluding carboxylic acids is 3. The minimum absolute atomic E-state index is 0.164. The molecule has 43 heavy (non-hydrogen) atoms. The lowest BCUT2D eigenvalue weighted by Crippen LogP contribution is -2.58. The molecule has 5 rings (SSSR count). The fourth-order valence-electron chi connectivity index (χ4n) is 7.62. The van der Waals surface area contributed by atoms with Crippen LogP contribution in [-0.4, -0.2) is 80.5 Å². The summed E-state index contributed by atoms with van der Waals surface area (Å²) >= 11 is 0. The molecule has 2 aromatic carbocycles. The number of likely N-dealkylation sites (tertiary alicyclic amines) is 1. The van der Waals surface area contributed by atoms with Crippen molar-refractivity contribution in [2.24, 2.45) is 11.8 Å². The normalized spacial score (nSPS) is 28.1. The second-order valence-electron chi connectivity index (χ2n) is 12.4. The van der Waals surface area contributed by atoms with Gasteiger partial charge >= 0.3 is 0 Å². The lowest BCUT2D eigenvalue weighted by Gasteiger charge is -2.40. The van der Waals surface area contributed by atoms with Crippen LogP contribution in [0.15, 0.2) is 86.0 Å². The summed E-state index contributed by atoms with van der Waals surface area (Å²) in [6.07, 6.45) is 4.36. The number of fused-ring (bicyclic) bond motifs is 1. The monoisotopic (exact) mass is 585 g/mol. The van der Waals surface area contributed by atoms with E-state index in [-0.39, 0.29) is 30.4 Å². The summed E-state index contributed by atoms with van der Waals surface area (Å²) in [6, 6.07) is 17.0. The molecule has 1 spiro atoms. The molecule has 0 saturated carbocycles. The van der Waals surface area contributed by atoms with Crippen LogP contribution in [0.1, 0.15) is 50.8 Å². The quantitative estimate of drug-likeness (QED) is 0.379. The Labute approximate surface area is 254 Å². The molecule has 3 saturated heterocycles. The van der Waals surface area contributed by atoms with Gasteiger partial charge in [0.05, 0.1) is 30.1 Å². The van der Waals surface area contributed by atoms with Crippen molar-refractivity contribution in [2.45, 2.75) is 69.5 Å². The Hall–Kier alpha value is -3.75. The third-order valence-electron chi connectivity index (χ3n) is 9.52. The van der Waals surface area contributed by atoms with Crippen molar-refractivity contribution < 1.29 is 24.2 Å². The summed E-state index contributed by atoms with van der Waals surface area (Å²) in [5, 5.41) is 10.7. The van der Waals surface area contributed by atoms with Gasteiger partial charge in [-0.2, -0.15) is 0 Å². The van der Waals surface area contributed by atoms with Crippen LogP contribution in [0.25, 0.3) is 0 Å². The van der Waals surface area contributed by atoms with Crippen molar-refractivity contribution in [3.05, 3.63) is 97.1 Å². The summed E-state index contributed by atoms with van der Waals surface area (Å²) in [4.78, 5) is 48.8. The van der Waals surface area contributed by atoms with Gasteiger partial charge < -0.3 is 24.5 Å². The van der Waals surface area contributed by atoms with E-state index in [9.17, 15) is 19.5 Å². The maximum atomic E-state index is 14.8. The van der Waals surface area contributed by atoms with E-state index < -0.39 is 35.1 Å². The first kappa shape index (κ1) is 30.7. The summed E-state index contributed by atoms with van der Waals surface area (Å²) < 4.78 is 6.87. The molecule has 3 heterocycles. The van der Waals surface area contributed by atoms with Gasteiger partial charge in [-0.1, -0.05) is 72.8 Å². The average Bonchev–Trinajstić information content (AvgIpc) is 3.57. The summed E-state index contributed by atoms with van der Waals surface area (Å²) in [7, 11) is 0. The van der Waals surface area contributed by atoms with Gasteiger partial charge in [-0.25, -0.2) is 0 Å². The highest BCUT2D eigenvalue weighted by molar-refractivity contribution is 5.99. The Kier molecular flexibility index (Phi) is 8.63. The van der Waals surface area contributed by atoms with Crippen molar-refractivity contribution in [1.29, 1.82) is 0 Å². The molecule has 0 aromatic heterocycles. The van der Waals surface area contributed by atoms with Gasteiger partial charge in [-0.15, -0.1) is 13.2 Å². The Bertz CT molecular complexity index is 1360. The lowest BCUT2D eigenvalue weighted by atomic mass is 9.66. The first-order valence-electron chi connectivity index (χ1n) is 15.2. The molecule has 3 fully saturated rings. The van der Waals surface area contributed by atoms with Gasteiger partial charge in [-0.3, -0.25) is 14.4 Å². The number of aliphatic hydroxyl groups excluding tert-OH is 1. The summed E-state index contributed by atoms with van der Waals surface area (Å²) in [6.45, 7) is 14.1. The van der Waals surface area contributed by atoms with Gasteiger partial charge in [0.1, 0.15) is 11.6 Å². The van der Waals surface area contributed by atoms with Crippen LogP contribution in [0.2, 0.25) is 0 Å². The molecule has 3 amide bonds. The van der Waals surface area contributed by atoms with E-state index in [0.717, 1.165) is 5.56 Å². The minimum Gasteiger partial charge on any atom is -0.394 e. The Morgan fingerprint density at radius 3 is 2.23 bits per heavy atom. The molecule has 3 aliphatic rings. The van der Waals surface area contributed by atoms with Gasteiger partial charge in [0.15, 0.2) is 0 Å². The maximum Gasteiger partial charge on any atom is 0.248 e. The summed E-state index contributed by atoms with van der Waals surface area (Å²) in [5.41, 5.74) is -0.434. The number of amides is 3. The van der Waals surface area contributed by atoms with Crippen LogP contribution >= 0.6 is 0 Å². The lowest BCUT2D eigenvalue weighted by molar-refractivity contribution is -0.157. The number of ether oxygens (including phenoxy) is 1. The van der Waals surface area contributed by atoms with Crippen LogP contribution in [0.5, 0.6) is 0 Å². The molecule has 2 unspecified atom stereocenters. The predicted octanol–water partition coefficient (Wildman–Crippen LogP) is 4.12. The molecule has 6 atom stereocenters. The van der Waals surface area contributed by atoms with Crippen molar-refractivity contribution in [1.82, 2.24) is 14.7 Å². The van der Waals surface area contributed by atoms with Crippen LogP contribution in [0.4, 0.5) is 0 Å². The zero-order valence-corrected chi connectivity index (χ0v) is 25.4. The number of rotatable bonds is 12. The van der Waals surface area contributed by atoms with Crippen LogP contribution in [0.3, 0.4) is 0 Å². The third kappa shape index (κ3) is 5.10. The van der Waals surface area contributed by atoms with Crippen molar-refractivity contribution in [2.75, 3.05) is 19.7 Å². The highest BCUT2D eigenvalue weighted by Gasteiger charge is 2.79. The molecule has 0 radical (unpaired) electrons. The van der Waals surface area contributed by atoms with Crippen LogP contribution in [0, 0.1) is 11.8 Å². The van der Waals surface area contributed by atoms with Crippen molar-refractivity contribution in [3.8, 4) is 0 Å². The fourth-order valence-corrected chi connectivity index (χ4v) is 7.62. The Balaban J connectivity index is 1.62. The Morgan fingerprint density at radius 2 is 1.65 bits per heavy atom. The molecule has 2 bridgehead atoms. The molecule has 8 heteroatoms. The van der Waals surface area contributed by atoms with E-state index in [1.54, 1.807) is 22.0 Å². The first-order valence-corrected chi connectivity index (χ1v) is 15.2. The van der Waals surface area contributed by atoms with Gasteiger partial charge in [0.25, 0.3) is 0 Å². The first-order chi connectivity index (χ1) is 20.6. The fraction of sp³-hybridized carbons (Fsp3) is 0.457. The molecular weight excluding hydrogens is 542 g/mol. The van der Waals surface area contributed by atoms with E-state index in [4.69, 9.17) is 4.74 Å². The van der Waals surface area contributed by atoms with Gasteiger partial charge in [-0.05, 0) is 44.7 Å². The SMILES string of the molecule is C=CCN(Cc1ccccc1)C(=O)[C@@H]1[C@H]2C(=O)N([C@H](CO)c3ccccc3)C(C(=O)N(CC=C)C(C)C)C23CC[C@@]1(C)O3. The van der Waals surface area contributed by atoms with Crippen molar-refractivity contribution in [3.63, 3.8) is 0 Å². The topological polar surface area (TPSA) is 90.4 Å². The predicted molar refractivity (Wildman–Crippen MR) is 164 cm³/mol. The molecule has 0 aliphatic carbocycles.